The van der Waals surface area contributed by atoms with Crippen LogP contribution in [0.5, 0.6) is 5.75 Å². The van der Waals surface area contributed by atoms with E-state index in [2.05, 4.69) is 64.1 Å². The summed E-state index contributed by atoms with van der Waals surface area (Å²) in [4.78, 5) is 0. The van der Waals surface area contributed by atoms with Crippen molar-refractivity contribution < 1.29 is 13.2 Å². The Labute approximate surface area is 238 Å². The van der Waals surface area contributed by atoms with E-state index in [-0.39, 0.29) is 10.8 Å². The quantitative estimate of drug-likeness (QED) is 0.288. The van der Waals surface area contributed by atoms with Crippen molar-refractivity contribution in [3.8, 4) is 5.75 Å². The molecule has 0 amide bonds. The fourth-order valence-corrected chi connectivity index (χ4v) is 13.2. The zero-order chi connectivity index (χ0) is 28.3. The van der Waals surface area contributed by atoms with Crippen LogP contribution in [0.1, 0.15) is 78.2 Å². The lowest BCUT2D eigenvalue weighted by atomic mass is 9.74. The van der Waals surface area contributed by atoms with Gasteiger partial charge >= 0.3 is 0 Å². The molecule has 1 saturated heterocycles. The van der Waals surface area contributed by atoms with E-state index in [0.717, 1.165) is 11.8 Å². The molecular weight excluding hydrogens is 519 g/mol. The molecule has 1 aliphatic heterocycles. The Balaban J connectivity index is 1.31. The van der Waals surface area contributed by atoms with Crippen LogP contribution in [-0.2, 0) is 0 Å². The van der Waals surface area contributed by atoms with Crippen LogP contribution >= 0.6 is 0 Å². The lowest BCUT2D eigenvalue weighted by Crippen LogP contribution is -2.50. The van der Waals surface area contributed by atoms with Gasteiger partial charge in [0, 0.05) is 0 Å². The number of hydrogen-bond donors (Lipinski definition) is 0. The second kappa shape index (κ2) is 12.4. The van der Waals surface area contributed by atoms with Crippen LogP contribution in [-0.4, -0.2) is 16.4 Å². The highest BCUT2D eigenvalue weighted by Gasteiger charge is 2.41. The van der Waals surface area contributed by atoms with Crippen molar-refractivity contribution in [2.75, 3.05) is 0 Å². The van der Waals surface area contributed by atoms with Gasteiger partial charge in [-0.2, -0.15) is 0 Å². The molecule has 2 aromatic carbocycles. The highest BCUT2D eigenvalue weighted by atomic mass is 28.4. The molecule has 4 rings (SSSR count). The molecule has 5 heteroatoms. The molecular formula is C34H50F2OSi2. The zero-order valence-electron chi connectivity index (χ0n) is 25.2. The maximum Gasteiger partial charge on any atom is 0.250 e. The predicted molar refractivity (Wildman–Crippen MR) is 168 cm³/mol. The first-order chi connectivity index (χ1) is 18.4. The third-order valence-electron chi connectivity index (χ3n) is 10.3. The Morgan fingerprint density at radius 1 is 0.897 bits per heavy atom. The normalized spacial score (nSPS) is 26.6. The minimum atomic E-state index is -2.32. The van der Waals surface area contributed by atoms with Crippen molar-refractivity contribution >= 4 is 27.7 Å². The van der Waals surface area contributed by atoms with E-state index in [4.69, 9.17) is 4.43 Å². The molecule has 0 radical (unpaired) electrons. The predicted octanol–water partition coefficient (Wildman–Crippen LogP) is 10.3. The third-order valence-corrected chi connectivity index (χ3v) is 20.2. The molecule has 0 atom stereocenters. The second-order valence-corrected chi connectivity index (χ2v) is 23.3. The average Bonchev–Trinajstić information content (AvgIpc) is 2.90. The lowest BCUT2D eigenvalue weighted by Gasteiger charge is -2.43. The first-order valence-corrected chi connectivity index (χ1v) is 20.9. The van der Waals surface area contributed by atoms with E-state index in [1.807, 2.05) is 19.2 Å². The summed E-state index contributed by atoms with van der Waals surface area (Å²) in [6, 6.07) is 18.7. The fourth-order valence-electron chi connectivity index (χ4n) is 6.85. The van der Waals surface area contributed by atoms with Gasteiger partial charge in [-0.05, 0) is 79.3 Å². The minimum absolute atomic E-state index is 0.122. The Morgan fingerprint density at radius 2 is 1.46 bits per heavy atom. The molecule has 2 aliphatic rings. The Kier molecular flexibility index (Phi) is 9.63. The molecule has 0 bridgehead atoms. The molecule has 214 valence electrons. The molecule has 2 aromatic rings. The van der Waals surface area contributed by atoms with Gasteiger partial charge in [-0.1, -0.05) is 113 Å². The van der Waals surface area contributed by atoms with Crippen molar-refractivity contribution in [2.24, 2.45) is 17.8 Å². The van der Waals surface area contributed by atoms with Crippen LogP contribution in [0.4, 0.5) is 8.78 Å². The van der Waals surface area contributed by atoms with Gasteiger partial charge in [0.1, 0.15) is 0 Å². The summed E-state index contributed by atoms with van der Waals surface area (Å²) in [5, 5.41) is 1.57. The first kappa shape index (κ1) is 30.2. The van der Waals surface area contributed by atoms with E-state index in [9.17, 15) is 8.78 Å². The summed E-state index contributed by atoms with van der Waals surface area (Å²) in [7, 11) is -3.66. The standard InChI is InChI=1S/C34H50F2OSi2/c1-7-21-39(30-11-9-8-10-12-30)22-19-29(20-23-39)28-17-15-26(16-18-28)13-14-27-24-31(35)33(32(36)25-27)37-38(5,6)34(2,3)4/h8-14,24-26,28-29H,7,15-23H2,1-6H3/b14-13+. The molecule has 0 aromatic heterocycles. The molecule has 1 heterocycles. The Hall–Kier alpha value is -1.73. The van der Waals surface area contributed by atoms with Crippen molar-refractivity contribution in [1.82, 2.24) is 0 Å². The van der Waals surface area contributed by atoms with E-state index in [1.54, 1.807) is 5.19 Å². The van der Waals surface area contributed by atoms with Gasteiger partial charge in [-0.25, -0.2) is 8.78 Å². The van der Waals surface area contributed by atoms with Gasteiger partial charge < -0.3 is 4.43 Å². The number of halogens is 2. The topological polar surface area (TPSA) is 9.23 Å². The van der Waals surface area contributed by atoms with Crippen molar-refractivity contribution in [3.63, 3.8) is 0 Å². The summed E-state index contributed by atoms with van der Waals surface area (Å²) < 4.78 is 35.7. The molecule has 39 heavy (non-hydrogen) atoms. The highest BCUT2D eigenvalue weighted by Crippen LogP contribution is 2.44. The van der Waals surface area contributed by atoms with Gasteiger partial charge in [0.2, 0.25) is 0 Å². The summed E-state index contributed by atoms with van der Waals surface area (Å²) >= 11 is 0. The summed E-state index contributed by atoms with van der Waals surface area (Å²) in [6.07, 6.45) is 13.2. The molecule has 0 spiro atoms. The Bertz CT molecular complexity index is 1080. The minimum Gasteiger partial charge on any atom is -0.540 e. The first-order valence-electron chi connectivity index (χ1n) is 15.4. The van der Waals surface area contributed by atoms with Gasteiger partial charge in [0.15, 0.2) is 17.4 Å². The third kappa shape index (κ3) is 7.14. The number of hydrogen-bond acceptors (Lipinski definition) is 1. The van der Waals surface area contributed by atoms with Gasteiger partial charge in [-0.15, -0.1) is 0 Å². The molecule has 0 N–H and O–H groups in total. The van der Waals surface area contributed by atoms with E-state index in [0.29, 0.717) is 11.5 Å². The monoisotopic (exact) mass is 568 g/mol. The van der Waals surface area contributed by atoms with Gasteiger partial charge in [0.05, 0.1) is 8.07 Å². The van der Waals surface area contributed by atoms with Crippen LogP contribution in [0, 0.1) is 29.4 Å². The van der Waals surface area contributed by atoms with Crippen LogP contribution in [0.25, 0.3) is 6.08 Å². The average molecular weight is 569 g/mol. The van der Waals surface area contributed by atoms with E-state index >= 15 is 0 Å². The van der Waals surface area contributed by atoms with Crippen LogP contribution in [0.2, 0.25) is 36.3 Å². The number of benzene rings is 2. The smallest absolute Gasteiger partial charge is 0.250 e. The Morgan fingerprint density at radius 3 is 2.00 bits per heavy atom. The lowest BCUT2D eigenvalue weighted by molar-refractivity contribution is 0.208. The molecule has 2 fully saturated rings. The van der Waals surface area contributed by atoms with Crippen LogP contribution < -0.4 is 9.61 Å². The van der Waals surface area contributed by atoms with Crippen molar-refractivity contribution in [1.29, 1.82) is 0 Å². The van der Waals surface area contributed by atoms with Crippen molar-refractivity contribution in [2.45, 2.75) is 109 Å². The molecule has 0 unspecified atom stereocenters. The second-order valence-electron chi connectivity index (χ2n) is 13.9. The molecule has 1 saturated carbocycles. The SMILES string of the molecule is CCC[Si]1(c2ccccc2)CCC(C2CCC(/C=C/c3cc(F)c(O[Si](C)(C)C(C)(C)C)c(F)c3)CC2)CC1. The molecule has 1 nitrogen and oxygen atoms in total. The molecule has 1 aliphatic carbocycles. The van der Waals surface area contributed by atoms with Gasteiger partial charge in [-0.3, -0.25) is 0 Å². The van der Waals surface area contributed by atoms with Gasteiger partial charge in [0.25, 0.3) is 8.32 Å². The summed E-state index contributed by atoms with van der Waals surface area (Å²) in [5.41, 5.74) is 0.583. The maximum absolute atomic E-state index is 14.9. The summed E-state index contributed by atoms with van der Waals surface area (Å²) in [6.45, 7) is 12.6. The maximum atomic E-state index is 14.9. The van der Waals surface area contributed by atoms with E-state index < -0.39 is 28.0 Å². The zero-order valence-corrected chi connectivity index (χ0v) is 27.2. The van der Waals surface area contributed by atoms with Crippen LogP contribution in [0.3, 0.4) is 0 Å². The van der Waals surface area contributed by atoms with Crippen LogP contribution in [0.15, 0.2) is 48.5 Å². The fraction of sp³-hybridized carbons (Fsp3) is 0.588. The van der Waals surface area contributed by atoms with E-state index in [1.165, 1.54) is 75.2 Å². The largest absolute Gasteiger partial charge is 0.540 e. The van der Waals surface area contributed by atoms with Crippen molar-refractivity contribution in [3.05, 3.63) is 65.7 Å². The number of allylic oxidation sites excluding steroid dienone is 1. The highest BCUT2D eigenvalue weighted by molar-refractivity contribution is 6.92. The summed E-state index contributed by atoms with van der Waals surface area (Å²) in [5.74, 6) is 0.813. The number of rotatable bonds is 8.